The highest BCUT2D eigenvalue weighted by atomic mass is 16.5. The monoisotopic (exact) mass is 394 g/mol. The molecule has 0 radical (unpaired) electrons. The van der Waals surface area contributed by atoms with Gasteiger partial charge in [-0.1, -0.05) is 0 Å². The van der Waals surface area contributed by atoms with E-state index in [4.69, 9.17) is 4.74 Å². The van der Waals surface area contributed by atoms with Crippen LogP contribution in [0.5, 0.6) is 0 Å². The summed E-state index contributed by atoms with van der Waals surface area (Å²) in [5, 5.41) is 8.55. The molecule has 8 nitrogen and oxygen atoms in total. The summed E-state index contributed by atoms with van der Waals surface area (Å²) in [6.45, 7) is 1.79. The van der Waals surface area contributed by atoms with E-state index in [0.29, 0.717) is 18.7 Å². The van der Waals surface area contributed by atoms with Crippen molar-refractivity contribution in [2.24, 2.45) is 7.05 Å². The number of aryl methyl sites for hydroxylation is 1. The van der Waals surface area contributed by atoms with Crippen molar-refractivity contribution < 1.29 is 9.53 Å². The molecule has 29 heavy (non-hydrogen) atoms. The van der Waals surface area contributed by atoms with Crippen LogP contribution in [0.3, 0.4) is 0 Å². The minimum atomic E-state index is -0.182. The van der Waals surface area contributed by atoms with Crippen molar-refractivity contribution in [3.8, 4) is 5.69 Å². The van der Waals surface area contributed by atoms with Crippen molar-refractivity contribution in [1.29, 1.82) is 0 Å². The normalized spacial score (nSPS) is 19.7. The first-order valence-corrected chi connectivity index (χ1v) is 9.69. The number of benzene rings is 1. The molecule has 8 heteroatoms. The van der Waals surface area contributed by atoms with Crippen LogP contribution in [0.2, 0.25) is 0 Å². The van der Waals surface area contributed by atoms with E-state index in [1.165, 1.54) is 0 Å². The number of likely N-dealkylation sites (N-methyl/N-ethyl adjacent to an activating group) is 1. The van der Waals surface area contributed by atoms with Crippen LogP contribution in [0.1, 0.15) is 22.0 Å². The zero-order valence-electron chi connectivity index (χ0n) is 17.0. The fourth-order valence-electron chi connectivity index (χ4n) is 3.81. The fraction of sp³-hybridized carbons (Fsp3) is 0.381. The van der Waals surface area contributed by atoms with E-state index in [1.54, 1.807) is 15.6 Å². The number of ether oxygens (including phenoxy) is 1. The molecular weight excluding hydrogens is 368 g/mol. The van der Waals surface area contributed by atoms with E-state index in [0.717, 1.165) is 17.8 Å². The van der Waals surface area contributed by atoms with Gasteiger partial charge in [0.05, 0.1) is 30.6 Å². The van der Waals surface area contributed by atoms with E-state index in [9.17, 15) is 4.79 Å². The summed E-state index contributed by atoms with van der Waals surface area (Å²) < 4.78 is 9.60. The molecule has 1 amide bonds. The van der Waals surface area contributed by atoms with Crippen LogP contribution in [0.15, 0.2) is 55.1 Å². The molecule has 0 spiro atoms. The van der Waals surface area contributed by atoms with E-state index < -0.39 is 0 Å². The van der Waals surface area contributed by atoms with Gasteiger partial charge in [-0.25, -0.2) is 4.68 Å². The Hall–Kier alpha value is -2.97. The zero-order valence-corrected chi connectivity index (χ0v) is 17.0. The maximum absolute atomic E-state index is 13.4. The maximum Gasteiger partial charge on any atom is 0.254 e. The van der Waals surface area contributed by atoms with Gasteiger partial charge in [0, 0.05) is 49.9 Å². The molecule has 152 valence electrons. The van der Waals surface area contributed by atoms with Crippen molar-refractivity contribution in [1.82, 2.24) is 29.4 Å². The van der Waals surface area contributed by atoms with Gasteiger partial charge >= 0.3 is 0 Å². The number of aromatic nitrogens is 4. The quantitative estimate of drug-likeness (QED) is 0.660. The molecule has 2 aromatic heterocycles. The summed E-state index contributed by atoms with van der Waals surface area (Å²) in [7, 11) is 5.91. The van der Waals surface area contributed by atoms with Crippen molar-refractivity contribution in [3.05, 3.63) is 66.2 Å². The van der Waals surface area contributed by atoms with Crippen molar-refractivity contribution in [2.75, 3.05) is 33.8 Å². The van der Waals surface area contributed by atoms with Gasteiger partial charge in [-0.3, -0.25) is 9.48 Å². The Labute approximate surface area is 170 Å². The first-order valence-electron chi connectivity index (χ1n) is 9.69. The molecule has 0 unspecified atom stereocenters. The average molecular weight is 394 g/mol. The van der Waals surface area contributed by atoms with Crippen molar-refractivity contribution >= 4 is 5.91 Å². The minimum Gasteiger partial charge on any atom is -0.373 e. The van der Waals surface area contributed by atoms with Gasteiger partial charge in [-0.2, -0.15) is 10.2 Å². The number of hydrogen-bond donors (Lipinski definition) is 0. The van der Waals surface area contributed by atoms with Gasteiger partial charge < -0.3 is 14.5 Å². The average Bonchev–Trinajstić information content (AvgIpc) is 3.39. The third kappa shape index (κ3) is 4.08. The lowest BCUT2D eigenvalue weighted by atomic mass is 9.99. The first kappa shape index (κ1) is 19.4. The van der Waals surface area contributed by atoms with Gasteiger partial charge in [-0.05, 0) is 44.4 Å². The van der Waals surface area contributed by atoms with Crippen LogP contribution >= 0.6 is 0 Å². The third-order valence-corrected chi connectivity index (χ3v) is 5.11. The molecule has 4 rings (SSSR count). The summed E-state index contributed by atoms with van der Waals surface area (Å²) in [6, 6.07) is 9.23. The fourth-order valence-corrected chi connectivity index (χ4v) is 3.81. The predicted molar refractivity (Wildman–Crippen MR) is 109 cm³/mol. The van der Waals surface area contributed by atoms with Gasteiger partial charge in [-0.15, -0.1) is 0 Å². The molecule has 0 aliphatic carbocycles. The van der Waals surface area contributed by atoms with Crippen LogP contribution in [-0.4, -0.2) is 75.2 Å². The number of amides is 1. The van der Waals surface area contributed by atoms with Crippen LogP contribution < -0.4 is 0 Å². The third-order valence-electron chi connectivity index (χ3n) is 5.11. The summed E-state index contributed by atoms with van der Waals surface area (Å²) >= 11 is 0. The molecule has 1 aromatic carbocycles. The zero-order chi connectivity index (χ0) is 20.4. The Morgan fingerprint density at radius 2 is 2.03 bits per heavy atom. The van der Waals surface area contributed by atoms with Crippen LogP contribution in [0.4, 0.5) is 0 Å². The van der Waals surface area contributed by atoms with Crippen molar-refractivity contribution in [2.45, 2.75) is 12.1 Å². The lowest BCUT2D eigenvalue weighted by Crippen LogP contribution is -2.51. The second-order valence-electron chi connectivity index (χ2n) is 7.56. The summed E-state index contributed by atoms with van der Waals surface area (Å²) in [4.78, 5) is 17.4. The van der Waals surface area contributed by atoms with Gasteiger partial charge in [0.2, 0.25) is 0 Å². The molecule has 0 N–H and O–H groups in total. The molecule has 0 bridgehead atoms. The topological polar surface area (TPSA) is 68.4 Å². The maximum atomic E-state index is 13.4. The second-order valence-corrected chi connectivity index (χ2v) is 7.56. The highest BCUT2D eigenvalue weighted by Crippen LogP contribution is 2.31. The van der Waals surface area contributed by atoms with Gasteiger partial charge in [0.15, 0.2) is 0 Å². The number of carbonyl (C=O) groups excluding carboxylic acids is 1. The summed E-state index contributed by atoms with van der Waals surface area (Å²) in [5.41, 5.74) is 2.56. The Bertz CT molecular complexity index is 948. The number of carbonyl (C=O) groups is 1. The van der Waals surface area contributed by atoms with E-state index >= 15 is 0 Å². The lowest BCUT2D eigenvalue weighted by Gasteiger charge is -2.41. The number of rotatable bonds is 5. The highest BCUT2D eigenvalue weighted by Gasteiger charge is 2.37. The molecule has 0 saturated carbocycles. The van der Waals surface area contributed by atoms with Crippen LogP contribution in [0.25, 0.3) is 5.69 Å². The molecule has 3 heterocycles. The molecule has 2 atom stereocenters. The molecule has 1 aliphatic heterocycles. The summed E-state index contributed by atoms with van der Waals surface area (Å²) in [6.07, 6.45) is 7.28. The van der Waals surface area contributed by atoms with Crippen LogP contribution in [0, 0.1) is 0 Å². The number of nitrogens with zero attached hydrogens (tertiary/aromatic N) is 6. The Morgan fingerprint density at radius 1 is 1.24 bits per heavy atom. The van der Waals surface area contributed by atoms with Gasteiger partial charge in [0.25, 0.3) is 5.91 Å². The molecule has 1 fully saturated rings. The molecular formula is C21H26N6O2. The summed E-state index contributed by atoms with van der Waals surface area (Å²) in [5.74, 6) is -0.00192. The smallest absolute Gasteiger partial charge is 0.254 e. The highest BCUT2D eigenvalue weighted by molar-refractivity contribution is 5.94. The Balaban J connectivity index is 1.62. The molecule has 1 saturated heterocycles. The molecule has 1 aliphatic rings. The largest absolute Gasteiger partial charge is 0.373 e. The van der Waals surface area contributed by atoms with Gasteiger partial charge in [0.1, 0.15) is 0 Å². The molecule has 3 aromatic rings. The SMILES string of the molecule is CN(C)C[C@@H]1OCCN(C(=O)c2ccc(-n3cccn3)cc2)[C@H]1c1cnn(C)c1. The minimum absolute atomic E-state index is 0.00192. The number of hydrogen-bond acceptors (Lipinski definition) is 5. The second kappa shape index (κ2) is 8.18. The lowest BCUT2D eigenvalue weighted by molar-refractivity contribution is -0.0684. The Morgan fingerprint density at radius 3 is 2.66 bits per heavy atom. The van der Waals surface area contributed by atoms with E-state index in [2.05, 4.69) is 15.1 Å². The predicted octanol–water partition coefficient (Wildman–Crippen LogP) is 1.75. The Kier molecular flexibility index (Phi) is 5.46. The van der Waals surface area contributed by atoms with E-state index in [1.807, 2.05) is 75.0 Å². The number of morpholine rings is 1. The first-order chi connectivity index (χ1) is 14.0. The van der Waals surface area contributed by atoms with Crippen LogP contribution in [-0.2, 0) is 11.8 Å². The standard InChI is InChI=1S/C21H26N6O2/c1-24(2)15-19-20(17-13-23-25(3)14-17)26(11-12-29-19)21(28)16-5-7-18(8-6-16)27-10-4-9-22-27/h4-10,13-14,19-20H,11-12,15H2,1-3H3/t19-,20-/m0/s1. The van der Waals surface area contributed by atoms with Crippen molar-refractivity contribution in [3.63, 3.8) is 0 Å². The van der Waals surface area contributed by atoms with E-state index in [-0.39, 0.29) is 18.1 Å².